The van der Waals surface area contributed by atoms with Crippen LogP contribution in [-0.4, -0.2) is 29.1 Å². The van der Waals surface area contributed by atoms with Crippen LogP contribution in [0.25, 0.3) is 0 Å². The number of nitrogens with one attached hydrogen (secondary N) is 1. The lowest BCUT2D eigenvalue weighted by atomic mass is 10.5. The quantitative estimate of drug-likeness (QED) is 0.717. The Kier molecular flexibility index (Phi) is 5.10. The molecular formula is C7H11BrN2O4S3. The first kappa shape index (κ1) is 15.1. The van der Waals surface area contributed by atoms with Gasteiger partial charge in [0, 0.05) is 6.54 Å². The van der Waals surface area contributed by atoms with E-state index in [0.717, 1.165) is 11.3 Å². The Hall–Kier alpha value is -0.0000000000000000833. The van der Waals surface area contributed by atoms with Crippen LogP contribution in [0.5, 0.6) is 0 Å². The number of sulfonamides is 2. The van der Waals surface area contributed by atoms with Gasteiger partial charge in [-0.3, -0.25) is 0 Å². The van der Waals surface area contributed by atoms with Crippen LogP contribution < -0.4 is 9.86 Å². The number of nitrogens with two attached hydrogens (primary N) is 1. The summed E-state index contributed by atoms with van der Waals surface area (Å²) < 4.78 is 47.8. The van der Waals surface area contributed by atoms with Crippen LogP contribution in [0, 0.1) is 0 Å². The van der Waals surface area contributed by atoms with Gasteiger partial charge in [-0.15, -0.1) is 11.3 Å². The molecule has 1 heterocycles. The predicted molar refractivity (Wildman–Crippen MR) is 69.8 cm³/mol. The van der Waals surface area contributed by atoms with Crippen molar-refractivity contribution in [3.63, 3.8) is 0 Å². The summed E-state index contributed by atoms with van der Waals surface area (Å²) in [6, 6.07) is 3.10. The summed E-state index contributed by atoms with van der Waals surface area (Å²) >= 11 is 4.24. The molecule has 1 rings (SSSR count). The Bertz CT molecular complexity index is 578. The van der Waals surface area contributed by atoms with E-state index in [2.05, 4.69) is 20.7 Å². The maximum Gasteiger partial charge on any atom is 0.250 e. The highest BCUT2D eigenvalue weighted by molar-refractivity contribution is 9.11. The highest BCUT2D eigenvalue weighted by atomic mass is 79.9. The lowest BCUT2D eigenvalue weighted by Gasteiger charge is -2.03. The highest BCUT2D eigenvalue weighted by Gasteiger charge is 2.15. The molecule has 0 aliphatic rings. The maximum atomic E-state index is 11.7. The summed E-state index contributed by atoms with van der Waals surface area (Å²) in [6.07, 6.45) is 0.143. The first-order valence-corrected chi connectivity index (χ1v) is 9.27. The van der Waals surface area contributed by atoms with Gasteiger partial charge in [0.05, 0.1) is 9.54 Å². The van der Waals surface area contributed by atoms with Gasteiger partial charge < -0.3 is 0 Å². The van der Waals surface area contributed by atoms with Gasteiger partial charge in [-0.1, -0.05) is 0 Å². The SMILES string of the molecule is NS(=O)(=O)CCCNS(=O)(=O)c1ccc(Br)s1. The molecule has 0 aromatic carbocycles. The van der Waals surface area contributed by atoms with Gasteiger partial charge in [-0.05, 0) is 34.5 Å². The molecule has 6 nitrogen and oxygen atoms in total. The highest BCUT2D eigenvalue weighted by Crippen LogP contribution is 2.25. The van der Waals surface area contributed by atoms with E-state index in [4.69, 9.17) is 5.14 Å². The number of hydrogen-bond acceptors (Lipinski definition) is 5. The fraction of sp³-hybridized carbons (Fsp3) is 0.429. The summed E-state index contributed by atoms with van der Waals surface area (Å²) in [5.74, 6) is -0.246. The number of halogens is 1. The van der Waals surface area contributed by atoms with E-state index in [1.165, 1.54) is 6.07 Å². The molecule has 0 unspecified atom stereocenters. The van der Waals surface area contributed by atoms with Gasteiger partial charge in [-0.25, -0.2) is 26.7 Å². The third-order valence-electron chi connectivity index (χ3n) is 1.71. The normalized spacial score (nSPS) is 12.8. The fourth-order valence-corrected chi connectivity index (χ4v) is 4.67. The van der Waals surface area contributed by atoms with Crippen molar-refractivity contribution >= 4 is 47.3 Å². The molecule has 98 valence electrons. The molecule has 0 spiro atoms. The maximum absolute atomic E-state index is 11.7. The van der Waals surface area contributed by atoms with Gasteiger partial charge in [0.25, 0.3) is 0 Å². The number of primary sulfonamides is 1. The molecular weight excluding hydrogens is 352 g/mol. The molecule has 0 amide bonds. The Balaban J connectivity index is 2.52. The van der Waals surface area contributed by atoms with Crippen molar-refractivity contribution in [2.45, 2.75) is 10.6 Å². The molecule has 17 heavy (non-hydrogen) atoms. The van der Waals surface area contributed by atoms with Crippen molar-refractivity contribution in [1.82, 2.24) is 4.72 Å². The van der Waals surface area contributed by atoms with Gasteiger partial charge in [0.1, 0.15) is 4.21 Å². The van der Waals surface area contributed by atoms with E-state index in [9.17, 15) is 16.8 Å². The second kappa shape index (κ2) is 5.76. The van der Waals surface area contributed by atoms with Gasteiger partial charge in [0.15, 0.2) is 0 Å². The monoisotopic (exact) mass is 362 g/mol. The Morgan fingerprint density at radius 1 is 1.29 bits per heavy atom. The summed E-state index contributed by atoms with van der Waals surface area (Å²) in [4.78, 5) is 0. The molecule has 1 aromatic rings. The Labute approximate surface area is 112 Å². The zero-order chi connectivity index (χ0) is 13.1. The molecule has 0 fully saturated rings. The fourth-order valence-electron chi connectivity index (χ4n) is 0.993. The van der Waals surface area contributed by atoms with E-state index in [1.807, 2.05) is 0 Å². The molecule has 0 saturated heterocycles. The van der Waals surface area contributed by atoms with E-state index in [-0.39, 0.29) is 22.9 Å². The first-order valence-electron chi connectivity index (χ1n) is 4.46. The van der Waals surface area contributed by atoms with Crippen LogP contribution in [0.15, 0.2) is 20.1 Å². The zero-order valence-corrected chi connectivity index (χ0v) is 12.6. The van der Waals surface area contributed by atoms with Crippen LogP contribution in [0.1, 0.15) is 6.42 Å². The van der Waals surface area contributed by atoms with E-state index in [1.54, 1.807) is 6.07 Å². The van der Waals surface area contributed by atoms with E-state index in [0.29, 0.717) is 3.79 Å². The molecule has 0 radical (unpaired) electrons. The van der Waals surface area contributed by atoms with Crippen molar-refractivity contribution in [1.29, 1.82) is 0 Å². The smallest absolute Gasteiger partial charge is 0.229 e. The number of thiophene rings is 1. The van der Waals surface area contributed by atoms with Gasteiger partial charge >= 0.3 is 0 Å². The first-order chi connectivity index (χ1) is 7.71. The summed E-state index contributed by atoms with van der Waals surface area (Å²) in [5, 5.41) is 4.79. The van der Waals surface area contributed by atoms with E-state index >= 15 is 0 Å². The molecule has 0 aliphatic carbocycles. The van der Waals surface area contributed by atoms with Crippen molar-refractivity contribution in [2.75, 3.05) is 12.3 Å². The topological polar surface area (TPSA) is 106 Å². The van der Waals surface area contributed by atoms with Crippen LogP contribution in [-0.2, 0) is 20.0 Å². The van der Waals surface area contributed by atoms with Crippen molar-refractivity contribution in [3.8, 4) is 0 Å². The number of rotatable bonds is 6. The van der Waals surface area contributed by atoms with Crippen molar-refractivity contribution in [3.05, 3.63) is 15.9 Å². The third kappa shape index (κ3) is 5.44. The molecule has 0 atom stereocenters. The summed E-state index contributed by atoms with van der Waals surface area (Å²) in [5.41, 5.74) is 0. The lowest BCUT2D eigenvalue weighted by molar-refractivity contribution is 0.578. The Morgan fingerprint density at radius 2 is 1.94 bits per heavy atom. The van der Waals surface area contributed by atoms with Crippen LogP contribution in [0.2, 0.25) is 0 Å². The number of hydrogen-bond donors (Lipinski definition) is 2. The largest absolute Gasteiger partial charge is 0.250 e. The van der Waals surface area contributed by atoms with Gasteiger partial charge in [0.2, 0.25) is 20.0 Å². The molecule has 3 N–H and O–H groups in total. The predicted octanol–water partition coefficient (Wildman–Crippen LogP) is 0.468. The molecule has 0 saturated carbocycles. The molecule has 0 bridgehead atoms. The minimum absolute atomic E-state index is 0.0360. The summed E-state index contributed by atoms with van der Waals surface area (Å²) in [7, 11) is -7.10. The minimum atomic E-state index is -3.55. The second-order valence-electron chi connectivity index (χ2n) is 3.18. The standard InChI is InChI=1S/C7H11BrN2O4S3/c8-6-2-3-7(15-6)17(13,14)10-4-1-5-16(9,11)12/h2-3,10H,1,4-5H2,(H2,9,11,12). The lowest BCUT2D eigenvalue weighted by Crippen LogP contribution is -2.27. The average Bonchev–Trinajstić information content (AvgIpc) is 2.59. The van der Waals surface area contributed by atoms with Crippen LogP contribution in [0.3, 0.4) is 0 Å². The third-order valence-corrected chi connectivity index (χ3v) is 6.15. The Morgan fingerprint density at radius 3 is 2.41 bits per heavy atom. The minimum Gasteiger partial charge on any atom is -0.229 e. The van der Waals surface area contributed by atoms with E-state index < -0.39 is 20.0 Å². The van der Waals surface area contributed by atoms with Crippen molar-refractivity contribution < 1.29 is 16.8 Å². The molecule has 10 heteroatoms. The van der Waals surface area contributed by atoms with Crippen molar-refractivity contribution in [2.24, 2.45) is 5.14 Å². The zero-order valence-electron chi connectivity index (χ0n) is 8.59. The van der Waals surface area contributed by atoms with Crippen LogP contribution in [0.4, 0.5) is 0 Å². The summed E-state index contributed by atoms with van der Waals surface area (Å²) in [6.45, 7) is 0.0360. The second-order valence-corrected chi connectivity index (χ2v) is 9.37. The van der Waals surface area contributed by atoms with Gasteiger partial charge in [-0.2, -0.15) is 0 Å². The molecule has 1 aromatic heterocycles. The average molecular weight is 363 g/mol. The molecule has 0 aliphatic heterocycles. The van der Waals surface area contributed by atoms with Crippen LogP contribution >= 0.6 is 27.3 Å².